The number of pyridine rings is 2. The summed E-state index contributed by atoms with van der Waals surface area (Å²) in [6.07, 6.45) is -0.327. The second-order valence-corrected chi connectivity index (χ2v) is 7.97. The summed E-state index contributed by atoms with van der Waals surface area (Å²) < 4.78 is 35.1. The van der Waals surface area contributed by atoms with Crippen molar-refractivity contribution in [3.63, 3.8) is 0 Å². The third kappa shape index (κ3) is 4.26. The molecule has 0 aliphatic carbocycles. The molecule has 0 saturated carbocycles. The van der Waals surface area contributed by atoms with Crippen LogP contribution in [-0.2, 0) is 0 Å². The van der Waals surface area contributed by atoms with E-state index in [-0.39, 0.29) is 24.9 Å². The van der Waals surface area contributed by atoms with E-state index in [2.05, 4.69) is 9.97 Å². The SMILES string of the molecule is O=C(c1ccccc1-c1ccccn1)N1CCC(F)(F)[C@@H](Oc2ccc3ccccc3n2)C1. The van der Waals surface area contributed by atoms with E-state index in [1.807, 2.05) is 36.4 Å². The summed E-state index contributed by atoms with van der Waals surface area (Å²) >= 11 is 0. The van der Waals surface area contributed by atoms with Crippen molar-refractivity contribution in [2.24, 2.45) is 0 Å². The Bertz CT molecular complexity index is 1300. The number of hydrogen-bond acceptors (Lipinski definition) is 4. The van der Waals surface area contributed by atoms with Gasteiger partial charge in [0.05, 0.1) is 17.8 Å². The van der Waals surface area contributed by atoms with Gasteiger partial charge in [-0.1, -0.05) is 42.5 Å². The lowest BCUT2D eigenvalue weighted by molar-refractivity contribution is -0.131. The maximum atomic E-state index is 14.8. The number of halogens is 2. The second-order valence-electron chi connectivity index (χ2n) is 7.97. The number of para-hydroxylation sites is 1. The Morgan fingerprint density at radius 3 is 2.61 bits per heavy atom. The fraction of sp³-hybridized carbons (Fsp3) is 0.192. The largest absolute Gasteiger partial charge is 0.466 e. The lowest BCUT2D eigenvalue weighted by Gasteiger charge is -2.38. The summed E-state index contributed by atoms with van der Waals surface area (Å²) in [5, 5.41) is 0.892. The molecule has 0 radical (unpaired) electrons. The lowest BCUT2D eigenvalue weighted by Crippen LogP contribution is -2.55. The number of carbonyl (C=O) groups is 1. The molecule has 1 aliphatic rings. The zero-order valence-electron chi connectivity index (χ0n) is 17.7. The molecular weight excluding hydrogens is 424 g/mol. The van der Waals surface area contributed by atoms with Crippen LogP contribution >= 0.6 is 0 Å². The molecule has 1 fully saturated rings. The van der Waals surface area contributed by atoms with Crippen LogP contribution in [0.4, 0.5) is 8.78 Å². The molecule has 2 aromatic heterocycles. The lowest BCUT2D eigenvalue weighted by atomic mass is 9.99. The van der Waals surface area contributed by atoms with E-state index in [0.29, 0.717) is 22.3 Å². The normalized spacial score (nSPS) is 17.6. The standard InChI is InChI=1S/C26H21F2N3O2/c27-26(28)14-16-31(17-23(26)33-24-13-12-18-7-1-4-10-21(18)30-24)25(32)20-9-3-2-8-19(20)22-11-5-6-15-29-22/h1-13,15,23H,14,16-17H2/t23-/m0/s1. The number of likely N-dealkylation sites (tertiary alicyclic amines) is 1. The van der Waals surface area contributed by atoms with Gasteiger partial charge in [-0.2, -0.15) is 0 Å². The quantitative estimate of drug-likeness (QED) is 0.432. The van der Waals surface area contributed by atoms with Crippen LogP contribution < -0.4 is 4.74 Å². The molecule has 5 nitrogen and oxygen atoms in total. The first-order chi connectivity index (χ1) is 16.0. The van der Waals surface area contributed by atoms with Crippen LogP contribution in [-0.4, -0.2) is 45.9 Å². The molecule has 33 heavy (non-hydrogen) atoms. The van der Waals surface area contributed by atoms with Gasteiger partial charge in [0.1, 0.15) is 0 Å². The zero-order chi connectivity index (χ0) is 22.8. The molecule has 2 aromatic carbocycles. The third-order valence-corrected chi connectivity index (χ3v) is 5.79. The maximum Gasteiger partial charge on any atom is 0.287 e. The van der Waals surface area contributed by atoms with Crippen molar-refractivity contribution in [1.29, 1.82) is 0 Å². The van der Waals surface area contributed by atoms with E-state index in [1.165, 1.54) is 4.90 Å². The van der Waals surface area contributed by atoms with E-state index >= 15 is 0 Å². The van der Waals surface area contributed by atoms with Crippen LogP contribution in [0.15, 0.2) is 85.1 Å². The van der Waals surface area contributed by atoms with Gasteiger partial charge in [0, 0.05) is 41.7 Å². The van der Waals surface area contributed by atoms with Crippen molar-refractivity contribution in [2.45, 2.75) is 18.4 Å². The van der Waals surface area contributed by atoms with Crippen molar-refractivity contribution in [1.82, 2.24) is 14.9 Å². The molecule has 1 aliphatic heterocycles. The third-order valence-electron chi connectivity index (χ3n) is 5.79. The minimum absolute atomic E-state index is 0.0621. The van der Waals surface area contributed by atoms with Crippen LogP contribution in [0.25, 0.3) is 22.2 Å². The van der Waals surface area contributed by atoms with Gasteiger partial charge in [-0.25, -0.2) is 13.8 Å². The molecule has 3 heterocycles. The Morgan fingerprint density at radius 2 is 1.76 bits per heavy atom. The number of rotatable bonds is 4. The highest BCUT2D eigenvalue weighted by Gasteiger charge is 2.47. The van der Waals surface area contributed by atoms with Crippen molar-refractivity contribution in [2.75, 3.05) is 13.1 Å². The Morgan fingerprint density at radius 1 is 0.970 bits per heavy atom. The van der Waals surface area contributed by atoms with E-state index < -0.39 is 18.4 Å². The van der Waals surface area contributed by atoms with Gasteiger partial charge in [-0.05, 0) is 30.3 Å². The molecule has 0 bridgehead atoms. The predicted molar refractivity (Wildman–Crippen MR) is 121 cm³/mol. The number of amides is 1. The second kappa shape index (κ2) is 8.58. The van der Waals surface area contributed by atoms with Crippen LogP contribution in [0.1, 0.15) is 16.8 Å². The van der Waals surface area contributed by atoms with Crippen LogP contribution in [0, 0.1) is 0 Å². The Hall–Kier alpha value is -3.87. The highest BCUT2D eigenvalue weighted by atomic mass is 19.3. The molecular formula is C26H21F2N3O2. The molecule has 4 aromatic rings. The van der Waals surface area contributed by atoms with Gasteiger partial charge in [-0.3, -0.25) is 9.78 Å². The topological polar surface area (TPSA) is 55.3 Å². The van der Waals surface area contributed by atoms with E-state index in [4.69, 9.17) is 4.74 Å². The Balaban J connectivity index is 1.40. The molecule has 5 rings (SSSR count). The predicted octanol–water partition coefficient (Wildman–Crippen LogP) is 5.23. The van der Waals surface area contributed by atoms with Crippen molar-refractivity contribution >= 4 is 16.8 Å². The van der Waals surface area contributed by atoms with Crippen molar-refractivity contribution in [3.05, 3.63) is 90.6 Å². The van der Waals surface area contributed by atoms with Crippen molar-refractivity contribution in [3.8, 4) is 17.1 Å². The number of ether oxygens (including phenoxy) is 1. The molecule has 1 amide bonds. The summed E-state index contributed by atoms with van der Waals surface area (Å²) in [5.74, 6) is -3.29. The monoisotopic (exact) mass is 445 g/mol. The molecule has 1 atom stereocenters. The van der Waals surface area contributed by atoms with E-state index in [9.17, 15) is 13.6 Å². The summed E-state index contributed by atoms with van der Waals surface area (Å²) in [6.45, 7) is -0.301. The van der Waals surface area contributed by atoms with Crippen molar-refractivity contribution < 1.29 is 18.3 Å². The van der Waals surface area contributed by atoms with Gasteiger partial charge >= 0.3 is 0 Å². The van der Waals surface area contributed by atoms with Gasteiger partial charge in [0.25, 0.3) is 11.8 Å². The fourth-order valence-corrected chi connectivity index (χ4v) is 4.02. The van der Waals surface area contributed by atoms with E-state index in [0.717, 1.165) is 5.39 Å². The number of aromatic nitrogens is 2. The first-order valence-electron chi connectivity index (χ1n) is 10.7. The highest BCUT2D eigenvalue weighted by Crippen LogP contribution is 2.33. The minimum Gasteiger partial charge on any atom is -0.466 e. The Labute approximate surface area is 189 Å². The molecule has 166 valence electrons. The molecule has 0 spiro atoms. The summed E-state index contributed by atoms with van der Waals surface area (Å²) in [5.41, 5.74) is 2.39. The molecule has 7 heteroatoms. The van der Waals surface area contributed by atoms with Gasteiger partial charge < -0.3 is 9.64 Å². The smallest absolute Gasteiger partial charge is 0.287 e. The number of carbonyl (C=O) groups excluding carboxylic acids is 1. The van der Waals surface area contributed by atoms with Gasteiger partial charge in [-0.15, -0.1) is 0 Å². The first-order valence-corrected chi connectivity index (χ1v) is 10.7. The number of fused-ring (bicyclic) bond motifs is 1. The number of hydrogen-bond donors (Lipinski definition) is 0. The summed E-state index contributed by atoms with van der Waals surface area (Å²) in [6, 6.07) is 23.3. The fourth-order valence-electron chi connectivity index (χ4n) is 4.02. The summed E-state index contributed by atoms with van der Waals surface area (Å²) in [4.78, 5) is 23.5. The Kier molecular flexibility index (Phi) is 5.46. The van der Waals surface area contributed by atoms with Crippen LogP contribution in [0.3, 0.4) is 0 Å². The minimum atomic E-state index is -3.08. The summed E-state index contributed by atoms with van der Waals surface area (Å²) in [7, 11) is 0. The molecule has 0 unspecified atom stereocenters. The number of benzene rings is 2. The highest BCUT2D eigenvalue weighted by molar-refractivity contribution is 6.00. The van der Waals surface area contributed by atoms with E-state index in [1.54, 1.807) is 48.7 Å². The maximum absolute atomic E-state index is 14.8. The number of alkyl halides is 2. The first kappa shape index (κ1) is 21.0. The average Bonchev–Trinajstić information content (AvgIpc) is 2.85. The number of piperidine rings is 1. The molecule has 1 saturated heterocycles. The molecule has 0 N–H and O–H groups in total. The van der Waals surface area contributed by atoms with Crippen LogP contribution in [0.2, 0.25) is 0 Å². The zero-order valence-corrected chi connectivity index (χ0v) is 17.7. The van der Waals surface area contributed by atoms with Gasteiger partial charge in [0.2, 0.25) is 5.88 Å². The van der Waals surface area contributed by atoms with Crippen LogP contribution in [0.5, 0.6) is 5.88 Å². The average molecular weight is 445 g/mol. The number of nitrogens with zero attached hydrogens (tertiary/aromatic N) is 3. The van der Waals surface area contributed by atoms with Gasteiger partial charge in [0.15, 0.2) is 6.10 Å².